The number of thiophene rings is 1. The number of alkyl halides is 1. The van der Waals surface area contributed by atoms with Gasteiger partial charge in [-0.15, -0.1) is 11.3 Å². The number of nitrogens with zero attached hydrogens (tertiary/aromatic N) is 5. The lowest BCUT2D eigenvalue weighted by atomic mass is 9.94. The fraction of sp³-hybridized carbons (Fsp3) is 0.385. The number of pyridine rings is 1. The molecule has 2 N–H and O–H groups in total. The second-order valence-corrected chi connectivity index (χ2v) is 10.9. The van der Waals surface area contributed by atoms with Crippen LogP contribution in [0.5, 0.6) is 0 Å². The lowest BCUT2D eigenvalue weighted by Crippen LogP contribution is -2.23. The molecule has 3 aromatic rings. The van der Waals surface area contributed by atoms with Crippen LogP contribution in [0.4, 0.5) is 19.7 Å². The molecule has 1 unspecified atom stereocenters. The Morgan fingerprint density at radius 2 is 2.17 bits per heavy atom. The maximum atomic E-state index is 14.5. The highest BCUT2D eigenvalue weighted by Gasteiger charge is 2.53. The summed E-state index contributed by atoms with van der Waals surface area (Å²) in [6.07, 6.45) is 5.21. The molecule has 0 bridgehead atoms. The van der Waals surface area contributed by atoms with Crippen LogP contribution in [-0.4, -0.2) is 41.3 Å². The number of rotatable bonds is 5. The first kappa shape index (κ1) is 23.0. The highest BCUT2D eigenvalue weighted by atomic mass is 32.1. The van der Waals surface area contributed by atoms with E-state index in [4.69, 9.17) is 10.5 Å². The molecule has 2 fully saturated rings. The van der Waals surface area contributed by atoms with Crippen LogP contribution in [0.2, 0.25) is 0 Å². The van der Waals surface area contributed by atoms with E-state index in [9.17, 15) is 14.0 Å². The summed E-state index contributed by atoms with van der Waals surface area (Å²) in [6, 6.07) is 2.05. The first-order valence-electron chi connectivity index (χ1n) is 11.8. The Hall–Kier alpha value is -3.42. The quantitative estimate of drug-likeness (QED) is 0.526. The van der Waals surface area contributed by atoms with Crippen molar-refractivity contribution in [3.63, 3.8) is 0 Å². The van der Waals surface area contributed by atoms with Gasteiger partial charge in [-0.1, -0.05) is 13.5 Å². The maximum Gasteiger partial charge on any atom is 0.225 e. The summed E-state index contributed by atoms with van der Waals surface area (Å²) in [7, 11) is 0. The van der Waals surface area contributed by atoms with Crippen molar-refractivity contribution in [3.8, 4) is 6.07 Å². The van der Waals surface area contributed by atoms with Crippen molar-refractivity contribution in [1.29, 1.82) is 5.26 Å². The molecule has 2 aliphatic heterocycles. The molecule has 10 heteroatoms. The van der Waals surface area contributed by atoms with Crippen LogP contribution < -0.4 is 10.6 Å². The van der Waals surface area contributed by atoms with Crippen LogP contribution >= 0.6 is 11.3 Å². The van der Waals surface area contributed by atoms with Gasteiger partial charge >= 0.3 is 0 Å². The first-order valence-corrected chi connectivity index (χ1v) is 12.6. The Labute approximate surface area is 210 Å². The zero-order chi connectivity index (χ0) is 25.2. The van der Waals surface area contributed by atoms with Gasteiger partial charge in [0.05, 0.1) is 41.1 Å². The lowest BCUT2D eigenvalue weighted by Gasteiger charge is -2.18. The largest absolute Gasteiger partial charge is 0.389 e. The van der Waals surface area contributed by atoms with Gasteiger partial charge in [0, 0.05) is 30.2 Å². The smallest absolute Gasteiger partial charge is 0.225 e. The van der Waals surface area contributed by atoms with E-state index in [1.807, 2.05) is 0 Å². The van der Waals surface area contributed by atoms with Crippen molar-refractivity contribution in [2.24, 2.45) is 11.3 Å². The molecule has 6 rings (SSSR count). The third-order valence-corrected chi connectivity index (χ3v) is 8.87. The Morgan fingerprint density at radius 1 is 1.36 bits per heavy atom. The minimum Gasteiger partial charge on any atom is -0.389 e. The minimum atomic E-state index is -0.749. The van der Waals surface area contributed by atoms with Crippen molar-refractivity contribution in [2.45, 2.75) is 26.4 Å². The Morgan fingerprint density at radius 3 is 2.86 bits per heavy atom. The van der Waals surface area contributed by atoms with E-state index in [0.717, 1.165) is 30.6 Å². The molecule has 3 aliphatic rings. The van der Waals surface area contributed by atoms with Crippen LogP contribution in [0.25, 0.3) is 21.2 Å². The SMILES string of the molecule is C=C(C1=C(c2cnc(N3CC(C)C4(CC4)C3)nc2CF)COC1)c1ncc(F)c2sc(N)c(C#N)c12. The number of aromatic nitrogens is 3. The molecule has 36 heavy (non-hydrogen) atoms. The summed E-state index contributed by atoms with van der Waals surface area (Å²) in [6.45, 7) is 7.94. The van der Waals surface area contributed by atoms with E-state index in [0.29, 0.717) is 56.3 Å². The molecular weight excluding hydrogens is 482 g/mol. The van der Waals surface area contributed by atoms with Gasteiger partial charge in [0.25, 0.3) is 0 Å². The zero-order valence-electron chi connectivity index (χ0n) is 19.8. The summed E-state index contributed by atoms with van der Waals surface area (Å²) in [4.78, 5) is 15.6. The number of halogens is 2. The van der Waals surface area contributed by atoms with Crippen LogP contribution in [0.15, 0.2) is 24.5 Å². The van der Waals surface area contributed by atoms with Crippen molar-refractivity contribution < 1.29 is 13.5 Å². The highest BCUT2D eigenvalue weighted by molar-refractivity contribution is 7.23. The van der Waals surface area contributed by atoms with Crippen molar-refractivity contribution >= 4 is 43.5 Å². The first-order chi connectivity index (χ1) is 17.4. The number of nitrogens with two attached hydrogens (primary N) is 1. The van der Waals surface area contributed by atoms with Gasteiger partial charge in [-0.3, -0.25) is 4.98 Å². The zero-order valence-corrected chi connectivity index (χ0v) is 20.6. The van der Waals surface area contributed by atoms with Gasteiger partial charge in [-0.25, -0.2) is 18.7 Å². The molecule has 1 atom stereocenters. The summed E-state index contributed by atoms with van der Waals surface area (Å²) >= 11 is 1.00. The molecule has 1 aliphatic carbocycles. The van der Waals surface area contributed by atoms with Gasteiger partial charge in [0.15, 0.2) is 5.82 Å². The van der Waals surface area contributed by atoms with E-state index in [-0.39, 0.29) is 28.5 Å². The van der Waals surface area contributed by atoms with Crippen LogP contribution in [0.3, 0.4) is 0 Å². The van der Waals surface area contributed by atoms with Gasteiger partial charge < -0.3 is 15.4 Å². The monoisotopic (exact) mass is 506 g/mol. The average molecular weight is 507 g/mol. The molecule has 0 amide bonds. The molecular formula is C26H24F2N6OS. The fourth-order valence-electron chi connectivity index (χ4n) is 5.51. The number of fused-ring (bicyclic) bond motifs is 1. The normalized spacial score (nSPS) is 20.5. The minimum absolute atomic E-state index is 0.171. The Balaban J connectivity index is 1.41. The molecule has 0 aromatic carbocycles. The Kier molecular flexibility index (Phi) is 5.32. The predicted molar refractivity (Wildman–Crippen MR) is 135 cm³/mol. The van der Waals surface area contributed by atoms with Gasteiger partial charge in [-0.2, -0.15) is 5.26 Å². The molecule has 7 nitrogen and oxygen atoms in total. The third-order valence-electron chi connectivity index (χ3n) is 7.84. The summed E-state index contributed by atoms with van der Waals surface area (Å²) in [5, 5.41) is 10.2. The highest BCUT2D eigenvalue weighted by Crippen LogP contribution is 2.56. The number of nitriles is 1. The van der Waals surface area contributed by atoms with Crippen molar-refractivity contribution in [2.75, 3.05) is 36.9 Å². The van der Waals surface area contributed by atoms with Gasteiger partial charge in [-0.05, 0) is 40.9 Å². The number of hydrogen-bond donors (Lipinski definition) is 1. The molecule has 1 spiro atoms. The van der Waals surface area contributed by atoms with E-state index in [2.05, 4.69) is 39.4 Å². The van der Waals surface area contributed by atoms with E-state index in [1.54, 1.807) is 6.20 Å². The van der Waals surface area contributed by atoms with Gasteiger partial charge in [0.2, 0.25) is 5.95 Å². The second-order valence-electron chi connectivity index (χ2n) is 9.85. The maximum absolute atomic E-state index is 14.5. The lowest BCUT2D eigenvalue weighted by molar-refractivity contribution is 0.213. The molecule has 1 saturated heterocycles. The standard InChI is InChI=1S/C26H24F2N6OS/c1-13-9-34(12-26(13)3-4-26)25-32-7-16(20(5-27)33-25)18-11-35-10-17(18)14(2)22-21-15(6-29)24(30)36-23(21)19(28)8-31-22/h7-8,13H,2-5,9-12,30H2,1H3. The Bertz CT molecular complexity index is 1500. The summed E-state index contributed by atoms with van der Waals surface area (Å²) in [5.74, 6) is 0.570. The van der Waals surface area contributed by atoms with Crippen molar-refractivity contribution in [1.82, 2.24) is 15.0 Å². The van der Waals surface area contributed by atoms with Crippen LogP contribution in [0, 0.1) is 28.5 Å². The third kappa shape index (κ3) is 3.41. The molecule has 184 valence electrons. The van der Waals surface area contributed by atoms with Crippen LogP contribution in [0.1, 0.15) is 42.3 Å². The van der Waals surface area contributed by atoms with Crippen molar-refractivity contribution in [3.05, 3.63) is 52.9 Å². The van der Waals surface area contributed by atoms with Gasteiger partial charge in [0.1, 0.15) is 17.7 Å². The average Bonchev–Trinajstić information content (AvgIpc) is 3.20. The molecule has 5 heterocycles. The predicted octanol–water partition coefficient (Wildman–Crippen LogP) is 4.88. The summed E-state index contributed by atoms with van der Waals surface area (Å²) in [5.41, 5.74) is 9.62. The topological polar surface area (TPSA) is 101 Å². The number of ether oxygens (including phenoxy) is 1. The number of nitrogen functional groups attached to an aromatic ring is 1. The van der Waals surface area contributed by atoms with E-state index >= 15 is 0 Å². The molecule has 1 saturated carbocycles. The number of anilines is 2. The molecule has 0 radical (unpaired) electrons. The van der Waals surface area contributed by atoms with E-state index in [1.165, 1.54) is 12.8 Å². The fourth-order valence-corrected chi connectivity index (χ4v) is 6.43. The van der Waals surface area contributed by atoms with Crippen LogP contribution in [-0.2, 0) is 11.4 Å². The molecule has 3 aromatic heterocycles. The van der Waals surface area contributed by atoms with E-state index < -0.39 is 12.5 Å². The second kappa shape index (κ2) is 8.32. The summed E-state index contributed by atoms with van der Waals surface area (Å²) < 4.78 is 34.7. The number of hydrogen-bond acceptors (Lipinski definition) is 8.